The van der Waals surface area contributed by atoms with Gasteiger partial charge in [0, 0.05) is 0 Å². The number of rotatable bonds is 2. The van der Waals surface area contributed by atoms with Crippen molar-refractivity contribution < 1.29 is 23.1 Å². The predicted molar refractivity (Wildman–Crippen MR) is 27.6 cm³/mol. The van der Waals surface area contributed by atoms with E-state index >= 15 is 0 Å². The van der Waals surface area contributed by atoms with Crippen molar-refractivity contribution in [3.63, 3.8) is 0 Å². The molecule has 0 spiro atoms. The van der Waals surface area contributed by atoms with Crippen LogP contribution in [0.3, 0.4) is 0 Å². The summed E-state index contributed by atoms with van der Waals surface area (Å²) in [5.74, 6) is -3.99. The van der Waals surface area contributed by atoms with Crippen LogP contribution < -0.4 is 0 Å². The van der Waals surface area contributed by atoms with E-state index in [1.165, 1.54) is 0 Å². The van der Waals surface area contributed by atoms with Crippen molar-refractivity contribution in [2.75, 3.05) is 0 Å². The van der Waals surface area contributed by atoms with Crippen molar-refractivity contribution >= 4 is 17.6 Å². The van der Waals surface area contributed by atoms with Crippen LogP contribution in [0, 0.1) is 0 Å². The highest BCUT2D eigenvalue weighted by atomic mass is 35.5. The summed E-state index contributed by atoms with van der Waals surface area (Å²) in [6, 6.07) is 0. The highest BCUT2D eigenvalue weighted by molar-refractivity contribution is 6.23. The summed E-state index contributed by atoms with van der Waals surface area (Å²) in [7, 11) is 0. The first-order valence-corrected chi connectivity index (χ1v) is 2.39. The van der Waals surface area contributed by atoms with Gasteiger partial charge in [0.15, 0.2) is 5.83 Å². The molecule has 0 saturated heterocycles. The van der Waals surface area contributed by atoms with Gasteiger partial charge in [-0.05, 0) is 11.6 Å². The van der Waals surface area contributed by atoms with E-state index in [-0.39, 0.29) is 6.08 Å². The van der Waals surface area contributed by atoms with Crippen LogP contribution >= 0.6 is 11.6 Å². The molecule has 6 heteroatoms. The van der Waals surface area contributed by atoms with E-state index in [1.54, 1.807) is 0 Å². The Morgan fingerprint density at radius 1 is 1.60 bits per heavy atom. The molecule has 0 amide bonds. The lowest BCUT2D eigenvalue weighted by Gasteiger charge is -2.01. The fraction of sp³-hybridized carbons (Fsp3) is 0.250. The van der Waals surface area contributed by atoms with Crippen molar-refractivity contribution in [1.82, 2.24) is 0 Å². The fourth-order valence-corrected chi connectivity index (χ4v) is 0.245. The van der Waals surface area contributed by atoms with Gasteiger partial charge in [-0.15, -0.1) is 0 Å². The molecule has 0 fully saturated rings. The molecule has 0 aliphatic carbocycles. The van der Waals surface area contributed by atoms with Gasteiger partial charge >= 0.3 is 11.4 Å². The Hall–Kier alpha value is -0.710. The molecule has 0 aromatic carbocycles. The third-order valence-corrected chi connectivity index (χ3v) is 0.702. The predicted octanol–water partition coefficient (Wildman–Crippen LogP) is 1.76. The molecule has 0 bridgehead atoms. The maximum absolute atomic E-state index is 11.8. The van der Waals surface area contributed by atoms with Crippen molar-refractivity contribution in [2.24, 2.45) is 0 Å². The quantitative estimate of drug-likeness (QED) is 0.512. The van der Waals surface area contributed by atoms with E-state index in [0.29, 0.717) is 0 Å². The Kier molecular flexibility index (Phi) is 2.71. The number of hydrogen-bond donors (Lipinski definition) is 1. The molecule has 0 rings (SSSR count). The lowest BCUT2D eigenvalue weighted by molar-refractivity contribution is -0.131. The third-order valence-electron chi connectivity index (χ3n) is 0.521. The first kappa shape index (κ1) is 9.29. The normalized spacial score (nSPS) is 13.4. The highest BCUT2D eigenvalue weighted by Crippen LogP contribution is 2.28. The highest BCUT2D eigenvalue weighted by Gasteiger charge is 2.32. The summed E-state index contributed by atoms with van der Waals surface area (Å²) >= 11 is 4.09. The van der Waals surface area contributed by atoms with E-state index < -0.39 is 17.2 Å². The summed E-state index contributed by atoms with van der Waals surface area (Å²) in [5, 5.41) is 3.52. The molecule has 10 heavy (non-hydrogen) atoms. The van der Waals surface area contributed by atoms with Crippen LogP contribution in [0.25, 0.3) is 0 Å². The lowest BCUT2D eigenvalue weighted by Crippen LogP contribution is -2.07. The SMILES string of the molecule is O=C(O)/C=C(\F)C(F)(F)Cl. The van der Waals surface area contributed by atoms with Crippen LogP contribution in [0.5, 0.6) is 0 Å². The minimum absolute atomic E-state index is 0.299. The summed E-state index contributed by atoms with van der Waals surface area (Å²) in [4.78, 5) is 9.55. The number of carbonyl (C=O) groups is 1. The molecule has 0 atom stereocenters. The Morgan fingerprint density at radius 2 is 2.00 bits per heavy atom. The zero-order valence-corrected chi connectivity index (χ0v) is 5.20. The summed E-state index contributed by atoms with van der Waals surface area (Å²) in [5.41, 5.74) is 0. The van der Waals surface area contributed by atoms with Gasteiger partial charge in [-0.3, -0.25) is 0 Å². The van der Waals surface area contributed by atoms with Gasteiger partial charge < -0.3 is 5.11 Å². The van der Waals surface area contributed by atoms with E-state index in [9.17, 15) is 18.0 Å². The molecule has 0 aromatic heterocycles. The maximum Gasteiger partial charge on any atom is 0.374 e. The van der Waals surface area contributed by atoms with Crippen molar-refractivity contribution in [1.29, 1.82) is 0 Å². The molecular weight excluding hydrogens is 172 g/mol. The summed E-state index contributed by atoms with van der Waals surface area (Å²) in [6.45, 7) is 0. The second kappa shape index (κ2) is 2.92. The zero-order chi connectivity index (χ0) is 8.36. The molecular formula is C4H2ClF3O2. The van der Waals surface area contributed by atoms with Gasteiger partial charge in [-0.1, -0.05) is 0 Å². The maximum atomic E-state index is 11.8. The molecule has 0 aliphatic rings. The number of carboxylic acids is 1. The monoisotopic (exact) mass is 174 g/mol. The minimum atomic E-state index is -4.22. The number of carboxylic acid groups (broad SMARTS) is 1. The lowest BCUT2D eigenvalue weighted by atomic mass is 10.5. The summed E-state index contributed by atoms with van der Waals surface area (Å²) in [6.07, 6.45) is -0.299. The van der Waals surface area contributed by atoms with Gasteiger partial charge in [-0.2, -0.15) is 8.78 Å². The molecule has 0 saturated carbocycles. The zero-order valence-electron chi connectivity index (χ0n) is 4.44. The van der Waals surface area contributed by atoms with Crippen molar-refractivity contribution in [3.8, 4) is 0 Å². The Bertz CT molecular complexity index is 172. The van der Waals surface area contributed by atoms with Crippen molar-refractivity contribution in [2.45, 2.75) is 5.38 Å². The van der Waals surface area contributed by atoms with Crippen LogP contribution in [-0.2, 0) is 4.79 Å². The van der Waals surface area contributed by atoms with Crippen LogP contribution in [-0.4, -0.2) is 16.5 Å². The Labute approximate surface area is 58.9 Å². The topological polar surface area (TPSA) is 37.3 Å². The van der Waals surface area contributed by atoms with Crippen LogP contribution in [0.4, 0.5) is 13.2 Å². The smallest absolute Gasteiger partial charge is 0.374 e. The first-order chi connectivity index (χ1) is 4.34. The fourth-order valence-electron chi connectivity index (χ4n) is 0.190. The molecule has 2 nitrogen and oxygen atoms in total. The van der Waals surface area contributed by atoms with Gasteiger partial charge in [0.05, 0.1) is 6.08 Å². The number of hydrogen-bond acceptors (Lipinski definition) is 1. The number of halogens is 4. The van der Waals surface area contributed by atoms with Gasteiger partial charge in [0.2, 0.25) is 0 Å². The Morgan fingerprint density at radius 3 is 2.10 bits per heavy atom. The van der Waals surface area contributed by atoms with Crippen LogP contribution in [0.1, 0.15) is 0 Å². The molecule has 58 valence electrons. The van der Waals surface area contributed by atoms with Crippen LogP contribution in [0.15, 0.2) is 11.9 Å². The van der Waals surface area contributed by atoms with E-state index in [0.717, 1.165) is 0 Å². The first-order valence-electron chi connectivity index (χ1n) is 2.01. The third kappa shape index (κ3) is 3.34. The number of allylic oxidation sites excluding steroid dienone is 1. The molecule has 0 radical (unpaired) electrons. The van der Waals surface area contributed by atoms with Crippen LogP contribution in [0.2, 0.25) is 0 Å². The van der Waals surface area contributed by atoms with Gasteiger partial charge in [0.1, 0.15) is 0 Å². The average Bonchev–Trinajstić information content (AvgIpc) is 1.60. The minimum Gasteiger partial charge on any atom is -0.478 e. The largest absolute Gasteiger partial charge is 0.478 e. The summed E-state index contributed by atoms with van der Waals surface area (Å²) < 4.78 is 34.8. The van der Waals surface area contributed by atoms with E-state index in [4.69, 9.17) is 5.11 Å². The van der Waals surface area contributed by atoms with E-state index in [1.807, 2.05) is 0 Å². The van der Waals surface area contributed by atoms with Crippen molar-refractivity contribution in [3.05, 3.63) is 11.9 Å². The molecule has 0 unspecified atom stereocenters. The molecule has 0 aromatic rings. The van der Waals surface area contributed by atoms with Gasteiger partial charge in [-0.25, -0.2) is 9.18 Å². The Balaban J connectivity index is 4.35. The number of aliphatic carboxylic acids is 1. The van der Waals surface area contributed by atoms with Gasteiger partial charge in [0.25, 0.3) is 0 Å². The molecule has 1 N–H and O–H groups in total. The second-order valence-corrected chi connectivity index (χ2v) is 1.80. The second-order valence-electron chi connectivity index (χ2n) is 1.33. The number of alkyl halides is 3. The molecule has 0 heterocycles. The van der Waals surface area contributed by atoms with E-state index in [2.05, 4.69) is 11.6 Å². The standard InChI is InChI=1S/C4H2ClF3O2/c5-4(7,8)2(6)1-3(9)10/h1H,(H,9,10)/b2-1-. The molecule has 0 aliphatic heterocycles. The average molecular weight is 175 g/mol.